The van der Waals surface area contributed by atoms with Crippen molar-refractivity contribution in [2.75, 3.05) is 6.54 Å². The minimum Gasteiger partial charge on any atom is -0.385 e. The van der Waals surface area contributed by atoms with Crippen molar-refractivity contribution in [3.63, 3.8) is 0 Å². The Morgan fingerprint density at radius 3 is 2.44 bits per heavy atom. The molecule has 1 aromatic heterocycles. The maximum Gasteiger partial charge on any atom is 0.251 e. The molecule has 0 radical (unpaired) electrons. The number of aromatic amines is 1. The van der Waals surface area contributed by atoms with Crippen molar-refractivity contribution in [3.8, 4) is 11.1 Å². The second-order valence-electron chi connectivity index (χ2n) is 5.64. The van der Waals surface area contributed by atoms with E-state index in [4.69, 9.17) is 0 Å². The van der Waals surface area contributed by atoms with E-state index >= 15 is 0 Å². The number of carbonyl (C=O) groups is 1. The van der Waals surface area contributed by atoms with Crippen molar-refractivity contribution >= 4 is 5.91 Å². The Kier molecular flexibility index (Phi) is 5.06. The highest BCUT2D eigenvalue weighted by molar-refractivity contribution is 5.95. The quantitative estimate of drug-likeness (QED) is 0.670. The Hall–Kier alpha value is -3.18. The normalized spacial score (nSPS) is 11.7. The lowest BCUT2D eigenvalue weighted by molar-refractivity contribution is 0.0914. The second kappa shape index (κ2) is 7.59. The van der Waals surface area contributed by atoms with E-state index in [1.807, 2.05) is 42.5 Å². The summed E-state index contributed by atoms with van der Waals surface area (Å²) >= 11 is 0. The molecular formula is C20H18N2O3. The van der Waals surface area contributed by atoms with Gasteiger partial charge in [-0.3, -0.25) is 9.59 Å². The molecule has 0 saturated heterocycles. The molecule has 0 fully saturated rings. The van der Waals surface area contributed by atoms with Gasteiger partial charge in [0.2, 0.25) is 5.56 Å². The Balaban J connectivity index is 1.68. The van der Waals surface area contributed by atoms with Crippen LogP contribution in [0.4, 0.5) is 0 Å². The van der Waals surface area contributed by atoms with Gasteiger partial charge in [0.1, 0.15) is 6.10 Å². The predicted octanol–water partition coefficient (Wildman–Crippen LogP) is 2.51. The van der Waals surface area contributed by atoms with Crippen LogP contribution in [-0.4, -0.2) is 22.5 Å². The standard InChI is InChI=1S/C20H18N2O3/c23-18(17-10-5-11-19(24)22-17)13-21-20(25)16-9-4-8-15(12-16)14-6-2-1-3-7-14/h1-12,18,23H,13H2,(H,21,25)(H,22,24). The molecule has 0 aliphatic carbocycles. The fourth-order valence-electron chi connectivity index (χ4n) is 2.53. The maximum absolute atomic E-state index is 12.3. The van der Waals surface area contributed by atoms with Gasteiger partial charge in [-0.1, -0.05) is 48.5 Å². The van der Waals surface area contributed by atoms with E-state index in [-0.39, 0.29) is 18.0 Å². The molecule has 3 aromatic rings. The Labute approximate surface area is 145 Å². The van der Waals surface area contributed by atoms with Gasteiger partial charge in [-0.15, -0.1) is 0 Å². The van der Waals surface area contributed by atoms with Crippen LogP contribution in [0.5, 0.6) is 0 Å². The molecule has 1 unspecified atom stereocenters. The van der Waals surface area contributed by atoms with Crippen LogP contribution < -0.4 is 10.9 Å². The first-order valence-corrected chi connectivity index (χ1v) is 7.94. The van der Waals surface area contributed by atoms with Crippen molar-refractivity contribution in [2.45, 2.75) is 6.10 Å². The number of pyridine rings is 1. The second-order valence-corrected chi connectivity index (χ2v) is 5.64. The molecule has 3 rings (SSSR count). The van der Waals surface area contributed by atoms with Gasteiger partial charge in [0.25, 0.3) is 5.91 Å². The van der Waals surface area contributed by atoms with Crippen LogP contribution in [0.15, 0.2) is 77.6 Å². The van der Waals surface area contributed by atoms with E-state index in [9.17, 15) is 14.7 Å². The molecular weight excluding hydrogens is 316 g/mol. The van der Waals surface area contributed by atoms with E-state index < -0.39 is 6.10 Å². The van der Waals surface area contributed by atoms with Gasteiger partial charge >= 0.3 is 0 Å². The van der Waals surface area contributed by atoms with Gasteiger partial charge in [0.05, 0.1) is 0 Å². The zero-order valence-electron chi connectivity index (χ0n) is 13.5. The van der Waals surface area contributed by atoms with Gasteiger partial charge < -0.3 is 15.4 Å². The summed E-state index contributed by atoms with van der Waals surface area (Å²) in [6.07, 6.45) is -0.977. The number of benzene rings is 2. The van der Waals surface area contributed by atoms with Crippen molar-refractivity contribution in [3.05, 3.63) is 94.4 Å². The topological polar surface area (TPSA) is 82.2 Å². The van der Waals surface area contributed by atoms with E-state index in [1.54, 1.807) is 24.3 Å². The number of amides is 1. The average molecular weight is 334 g/mol. The lowest BCUT2D eigenvalue weighted by Crippen LogP contribution is -2.29. The Morgan fingerprint density at radius 2 is 1.68 bits per heavy atom. The summed E-state index contributed by atoms with van der Waals surface area (Å²) in [6, 6.07) is 21.6. The van der Waals surface area contributed by atoms with Crippen LogP contribution in [-0.2, 0) is 0 Å². The molecule has 2 aromatic carbocycles. The molecule has 0 saturated carbocycles. The number of aromatic nitrogens is 1. The van der Waals surface area contributed by atoms with Crippen molar-refractivity contribution in [1.29, 1.82) is 0 Å². The molecule has 1 amide bonds. The molecule has 1 atom stereocenters. The number of H-pyrrole nitrogens is 1. The van der Waals surface area contributed by atoms with Gasteiger partial charge in [0.15, 0.2) is 0 Å². The van der Waals surface area contributed by atoms with Gasteiger partial charge in [-0.05, 0) is 29.3 Å². The number of carbonyl (C=O) groups excluding carboxylic acids is 1. The molecule has 0 aliphatic heterocycles. The Morgan fingerprint density at radius 1 is 0.960 bits per heavy atom. The fourth-order valence-corrected chi connectivity index (χ4v) is 2.53. The van der Waals surface area contributed by atoms with Crippen molar-refractivity contribution in [2.24, 2.45) is 0 Å². The zero-order chi connectivity index (χ0) is 17.6. The largest absolute Gasteiger partial charge is 0.385 e. The molecule has 0 bridgehead atoms. The van der Waals surface area contributed by atoms with Crippen LogP contribution in [0.25, 0.3) is 11.1 Å². The highest BCUT2D eigenvalue weighted by Gasteiger charge is 2.12. The smallest absolute Gasteiger partial charge is 0.251 e. The van der Waals surface area contributed by atoms with Crippen LogP contribution >= 0.6 is 0 Å². The lowest BCUT2D eigenvalue weighted by Gasteiger charge is -2.12. The van der Waals surface area contributed by atoms with E-state index in [2.05, 4.69) is 10.3 Å². The van der Waals surface area contributed by atoms with Crippen LogP contribution in [0.1, 0.15) is 22.2 Å². The van der Waals surface area contributed by atoms with E-state index in [0.717, 1.165) is 11.1 Å². The summed E-state index contributed by atoms with van der Waals surface area (Å²) in [6.45, 7) is 0.00828. The third kappa shape index (κ3) is 4.22. The first kappa shape index (κ1) is 16.7. The van der Waals surface area contributed by atoms with Crippen LogP contribution in [0.3, 0.4) is 0 Å². The number of hydrogen-bond acceptors (Lipinski definition) is 3. The molecule has 0 aliphatic rings. The third-order valence-electron chi connectivity index (χ3n) is 3.84. The summed E-state index contributed by atoms with van der Waals surface area (Å²) < 4.78 is 0. The Bertz CT molecular complexity index is 919. The van der Waals surface area contributed by atoms with Crippen LogP contribution in [0.2, 0.25) is 0 Å². The minimum absolute atomic E-state index is 0.00828. The number of aliphatic hydroxyl groups is 1. The van der Waals surface area contributed by atoms with Gasteiger partial charge in [-0.25, -0.2) is 0 Å². The van der Waals surface area contributed by atoms with E-state index in [1.165, 1.54) is 6.07 Å². The molecule has 3 N–H and O–H groups in total. The predicted molar refractivity (Wildman–Crippen MR) is 96.2 cm³/mol. The highest BCUT2D eigenvalue weighted by Crippen LogP contribution is 2.20. The number of nitrogens with one attached hydrogen (secondary N) is 2. The number of rotatable bonds is 5. The SMILES string of the molecule is O=C(NCC(O)c1cccc(=O)[nH]1)c1cccc(-c2ccccc2)c1. The summed E-state index contributed by atoms with van der Waals surface area (Å²) in [5, 5.41) is 12.8. The summed E-state index contributed by atoms with van der Waals surface area (Å²) in [5.41, 5.74) is 2.56. The lowest BCUT2D eigenvalue weighted by atomic mass is 10.0. The van der Waals surface area contributed by atoms with E-state index in [0.29, 0.717) is 11.3 Å². The van der Waals surface area contributed by atoms with Gasteiger partial charge in [-0.2, -0.15) is 0 Å². The van der Waals surface area contributed by atoms with Gasteiger partial charge in [0, 0.05) is 23.9 Å². The number of hydrogen-bond donors (Lipinski definition) is 3. The zero-order valence-corrected chi connectivity index (χ0v) is 13.5. The molecule has 5 nitrogen and oxygen atoms in total. The maximum atomic E-state index is 12.3. The first-order valence-electron chi connectivity index (χ1n) is 7.94. The third-order valence-corrected chi connectivity index (χ3v) is 3.84. The number of aliphatic hydroxyl groups excluding tert-OH is 1. The molecule has 1 heterocycles. The summed E-state index contributed by atoms with van der Waals surface area (Å²) in [5.74, 6) is -0.282. The highest BCUT2D eigenvalue weighted by atomic mass is 16.3. The first-order chi connectivity index (χ1) is 12.1. The molecule has 25 heavy (non-hydrogen) atoms. The molecule has 5 heteroatoms. The van der Waals surface area contributed by atoms with Crippen LogP contribution in [0, 0.1) is 0 Å². The monoisotopic (exact) mass is 334 g/mol. The average Bonchev–Trinajstić information content (AvgIpc) is 2.66. The summed E-state index contributed by atoms with van der Waals surface area (Å²) in [7, 11) is 0. The van der Waals surface area contributed by atoms with Crippen molar-refractivity contribution in [1.82, 2.24) is 10.3 Å². The van der Waals surface area contributed by atoms with Crippen molar-refractivity contribution < 1.29 is 9.90 Å². The molecule has 0 spiro atoms. The summed E-state index contributed by atoms with van der Waals surface area (Å²) in [4.78, 5) is 26.2. The fraction of sp³-hybridized carbons (Fsp3) is 0.100. The minimum atomic E-state index is -0.977. The molecule has 126 valence electrons.